The van der Waals surface area contributed by atoms with E-state index in [4.69, 9.17) is 5.73 Å². The summed E-state index contributed by atoms with van der Waals surface area (Å²) in [4.78, 5) is 0. The summed E-state index contributed by atoms with van der Waals surface area (Å²) in [6.07, 6.45) is 4.19. The fraction of sp³-hybridized carbons (Fsp3) is 0.333. The Bertz CT molecular complexity index is 443. The van der Waals surface area contributed by atoms with E-state index in [2.05, 4.69) is 15.9 Å². The third-order valence-corrected chi connectivity index (χ3v) is 3.38. The van der Waals surface area contributed by atoms with Crippen molar-refractivity contribution in [2.75, 3.05) is 0 Å². The standard InChI is InChI=1S/C12H12BrF2N/c13-9-4-5-10(14)11(12(9)15)7-2-1-3-8(16)6-7/h4-6,8H,1-3,16H2. The molecule has 1 aliphatic carbocycles. The molecule has 4 heteroatoms. The molecule has 0 amide bonds. The number of halogens is 3. The topological polar surface area (TPSA) is 26.0 Å². The molecule has 0 bridgehead atoms. The molecule has 0 saturated heterocycles. The minimum absolute atomic E-state index is 0.0597. The highest BCUT2D eigenvalue weighted by molar-refractivity contribution is 9.10. The largest absolute Gasteiger partial charge is 0.324 e. The second kappa shape index (κ2) is 4.63. The average Bonchev–Trinajstić information content (AvgIpc) is 2.24. The van der Waals surface area contributed by atoms with Crippen LogP contribution in [0.1, 0.15) is 24.8 Å². The van der Waals surface area contributed by atoms with Gasteiger partial charge in [-0.1, -0.05) is 6.08 Å². The average molecular weight is 288 g/mol. The van der Waals surface area contributed by atoms with Crippen LogP contribution in [0.5, 0.6) is 0 Å². The van der Waals surface area contributed by atoms with E-state index in [-0.39, 0.29) is 16.1 Å². The van der Waals surface area contributed by atoms with E-state index >= 15 is 0 Å². The highest BCUT2D eigenvalue weighted by Gasteiger charge is 2.19. The van der Waals surface area contributed by atoms with Crippen LogP contribution in [0, 0.1) is 11.6 Å². The van der Waals surface area contributed by atoms with Gasteiger partial charge >= 0.3 is 0 Å². The zero-order valence-corrected chi connectivity index (χ0v) is 10.2. The van der Waals surface area contributed by atoms with Gasteiger partial charge in [0.2, 0.25) is 0 Å². The molecule has 0 aliphatic heterocycles. The van der Waals surface area contributed by atoms with Gasteiger partial charge in [0.25, 0.3) is 0 Å². The number of hydrogen-bond donors (Lipinski definition) is 1. The van der Waals surface area contributed by atoms with Crippen molar-refractivity contribution >= 4 is 21.5 Å². The quantitative estimate of drug-likeness (QED) is 0.785. The van der Waals surface area contributed by atoms with Crippen molar-refractivity contribution < 1.29 is 8.78 Å². The third kappa shape index (κ3) is 2.18. The van der Waals surface area contributed by atoms with Crippen molar-refractivity contribution in [1.29, 1.82) is 0 Å². The van der Waals surface area contributed by atoms with Gasteiger partial charge in [0.1, 0.15) is 11.6 Å². The lowest BCUT2D eigenvalue weighted by molar-refractivity contribution is 0.566. The van der Waals surface area contributed by atoms with Crippen LogP contribution in [0.15, 0.2) is 22.7 Å². The van der Waals surface area contributed by atoms with Crippen LogP contribution in [0.2, 0.25) is 0 Å². The Morgan fingerprint density at radius 3 is 2.75 bits per heavy atom. The van der Waals surface area contributed by atoms with Gasteiger partial charge < -0.3 is 5.73 Å². The Balaban J connectivity index is 2.51. The zero-order valence-electron chi connectivity index (χ0n) is 8.64. The summed E-state index contributed by atoms with van der Waals surface area (Å²) in [5, 5.41) is 0. The molecular formula is C12H12BrF2N. The van der Waals surface area contributed by atoms with Gasteiger partial charge in [0.15, 0.2) is 0 Å². The molecular weight excluding hydrogens is 276 g/mol. The van der Waals surface area contributed by atoms with Crippen molar-refractivity contribution in [3.63, 3.8) is 0 Å². The molecule has 2 N–H and O–H groups in total. The van der Waals surface area contributed by atoms with E-state index in [1.54, 1.807) is 6.08 Å². The highest BCUT2D eigenvalue weighted by atomic mass is 79.9. The lowest BCUT2D eigenvalue weighted by Crippen LogP contribution is -2.20. The van der Waals surface area contributed by atoms with E-state index in [1.165, 1.54) is 12.1 Å². The minimum Gasteiger partial charge on any atom is -0.324 e. The smallest absolute Gasteiger partial charge is 0.147 e. The van der Waals surface area contributed by atoms with Gasteiger partial charge in [-0.25, -0.2) is 8.78 Å². The van der Waals surface area contributed by atoms with Crippen molar-refractivity contribution in [3.8, 4) is 0 Å². The van der Waals surface area contributed by atoms with Gasteiger partial charge in [-0.2, -0.15) is 0 Å². The second-order valence-electron chi connectivity index (χ2n) is 3.97. The third-order valence-electron chi connectivity index (χ3n) is 2.76. The van der Waals surface area contributed by atoms with Gasteiger partial charge in [-0.3, -0.25) is 0 Å². The monoisotopic (exact) mass is 287 g/mol. The Morgan fingerprint density at radius 1 is 1.31 bits per heavy atom. The lowest BCUT2D eigenvalue weighted by Gasteiger charge is -2.19. The van der Waals surface area contributed by atoms with Crippen molar-refractivity contribution in [2.24, 2.45) is 5.73 Å². The summed E-state index contributed by atoms with van der Waals surface area (Å²) in [7, 11) is 0. The molecule has 1 atom stereocenters. The Kier molecular flexibility index (Phi) is 3.40. The van der Waals surface area contributed by atoms with Crippen molar-refractivity contribution in [2.45, 2.75) is 25.3 Å². The molecule has 0 heterocycles. The van der Waals surface area contributed by atoms with Crippen LogP contribution < -0.4 is 5.73 Å². The molecule has 1 unspecified atom stereocenters. The Morgan fingerprint density at radius 2 is 2.06 bits per heavy atom. The first-order valence-corrected chi connectivity index (χ1v) is 5.99. The molecule has 1 aromatic carbocycles. The number of benzene rings is 1. The molecule has 1 aliphatic rings. The first kappa shape index (κ1) is 11.7. The van der Waals surface area contributed by atoms with Crippen molar-refractivity contribution in [3.05, 3.63) is 39.9 Å². The van der Waals surface area contributed by atoms with Gasteiger partial charge in [0.05, 0.1) is 10.0 Å². The van der Waals surface area contributed by atoms with Crippen LogP contribution in [-0.4, -0.2) is 6.04 Å². The first-order valence-electron chi connectivity index (χ1n) is 5.19. The summed E-state index contributed by atoms with van der Waals surface area (Å²) in [5.74, 6) is -1.07. The van der Waals surface area contributed by atoms with E-state index in [0.717, 1.165) is 12.8 Å². The molecule has 1 aromatic rings. The predicted molar refractivity (Wildman–Crippen MR) is 63.9 cm³/mol. The van der Waals surface area contributed by atoms with Gasteiger partial charge in [-0.05, 0) is 52.9 Å². The molecule has 1 nitrogen and oxygen atoms in total. The molecule has 0 fully saturated rings. The van der Waals surface area contributed by atoms with E-state index in [1.807, 2.05) is 0 Å². The molecule has 2 rings (SSSR count). The molecule has 0 spiro atoms. The Hall–Kier alpha value is -0.740. The van der Waals surface area contributed by atoms with Crippen LogP contribution in [-0.2, 0) is 0 Å². The maximum atomic E-state index is 13.8. The first-order chi connectivity index (χ1) is 7.59. The summed E-state index contributed by atoms with van der Waals surface area (Å²) >= 11 is 3.06. The van der Waals surface area contributed by atoms with Crippen LogP contribution >= 0.6 is 15.9 Å². The number of allylic oxidation sites excluding steroid dienone is 1. The number of nitrogens with two attached hydrogens (primary N) is 1. The van der Waals surface area contributed by atoms with E-state index in [9.17, 15) is 8.78 Å². The van der Waals surface area contributed by atoms with Gasteiger partial charge in [-0.15, -0.1) is 0 Å². The highest BCUT2D eigenvalue weighted by Crippen LogP contribution is 2.32. The van der Waals surface area contributed by atoms with E-state index in [0.29, 0.717) is 12.0 Å². The summed E-state index contributed by atoms with van der Waals surface area (Å²) in [6, 6.07) is 2.54. The van der Waals surface area contributed by atoms with Crippen LogP contribution in [0.3, 0.4) is 0 Å². The Labute approximate surface area is 101 Å². The van der Waals surface area contributed by atoms with Crippen molar-refractivity contribution in [1.82, 2.24) is 0 Å². The maximum Gasteiger partial charge on any atom is 0.147 e. The second-order valence-corrected chi connectivity index (χ2v) is 4.82. The molecule has 0 aromatic heterocycles. The molecule has 0 saturated carbocycles. The fourth-order valence-electron chi connectivity index (χ4n) is 1.98. The molecule has 86 valence electrons. The maximum absolute atomic E-state index is 13.8. The molecule has 0 radical (unpaired) electrons. The van der Waals surface area contributed by atoms with E-state index < -0.39 is 11.6 Å². The normalized spacial score (nSPS) is 20.8. The predicted octanol–water partition coefficient (Wildman–Crippen LogP) is 3.62. The number of hydrogen-bond acceptors (Lipinski definition) is 1. The summed E-state index contributed by atoms with van der Waals surface area (Å²) in [5.41, 5.74) is 6.50. The van der Waals surface area contributed by atoms with Gasteiger partial charge in [0, 0.05) is 6.04 Å². The fourth-order valence-corrected chi connectivity index (χ4v) is 2.31. The SMILES string of the molecule is NC1C=C(c2c(F)ccc(Br)c2F)CCC1. The summed E-state index contributed by atoms with van der Waals surface area (Å²) in [6.45, 7) is 0. The lowest BCUT2D eigenvalue weighted by atomic mass is 9.91. The van der Waals surface area contributed by atoms with Crippen LogP contribution in [0.4, 0.5) is 8.78 Å². The number of rotatable bonds is 1. The zero-order chi connectivity index (χ0) is 11.7. The summed E-state index contributed by atoms with van der Waals surface area (Å²) < 4.78 is 27.7. The minimum atomic E-state index is -0.541. The molecule has 16 heavy (non-hydrogen) atoms. The van der Waals surface area contributed by atoms with Crippen LogP contribution in [0.25, 0.3) is 5.57 Å².